The van der Waals surface area contributed by atoms with Crippen LogP contribution in [0.4, 0.5) is 0 Å². The smallest absolute Gasteiger partial charge is 0.0826 e. The van der Waals surface area contributed by atoms with E-state index in [4.69, 9.17) is 0 Å². The third-order valence-corrected chi connectivity index (χ3v) is 3.71. The van der Waals surface area contributed by atoms with E-state index >= 15 is 0 Å². The van der Waals surface area contributed by atoms with Crippen molar-refractivity contribution in [2.75, 3.05) is 0 Å². The second-order valence-electron chi connectivity index (χ2n) is 5.60. The number of aryl methyl sites for hydroxylation is 2. The van der Waals surface area contributed by atoms with Crippen molar-refractivity contribution in [2.45, 2.75) is 40.2 Å². The van der Waals surface area contributed by atoms with Gasteiger partial charge in [-0.05, 0) is 42.7 Å². The molecule has 2 unspecified atom stereocenters. The lowest BCUT2D eigenvalue weighted by Gasteiger charge is -2.15. The van der Waals surface area contributed by atoms with Gasteiger partial charge in [-0.15, -0.1) is 0 Å². The first-order valence-corrected chi connectivity index (χ1v) is 5.67. The van der Waals surface area contributed by atoms with Gasteiger partial charge < -0.3 is 5.11 Å². The van der Waals surface area contributed by atoms with E-state index in [1.165, 1.54) is 11.1 Å². The first-order valence-electron chi connectivity index (χ1n) is 5.67. The van der Waals surface area contributed by atoms with Gasteiger partial charge in [0, 0.05) is 0 Å². The topological polar surface area (TPSA) is 20.2 Å². The van der Waals surface area contributed by atoms with Crippen molar-refractivity contribution in [3.8, 4) is 0 Å². The van der Waals surface area contributed by atoms with E-state index in [1.54, 1.807) is 0 Å². The Morgan fingerprint density at radius 2 is 1.93 bits per heavy atom. The van der Waals surface area contributed by atoms with Crippen LogP contribution in [-0.4, -0.2) is 5.11 Å². The molecule has 1 aliphatic carbocycles. The summed E-state index contributed by atoms with van der Waals surface area (Å²) in [5.74, 6) is 0.443. The minimum absolute atomic E-state index is 0.277. The van der Waals surface area contributed by atoms with Crippen LogP contribution in [0, 0.1) is 25.2 Å². The van der Waals surface area contributed by atoms with E-state index in [0.717, 1.165) is 12.0 Å². The summed E-state index contributed by atoms with van der Waals surface area (Å²) >= 11 is 0. The molecule has 0 spiro atoms. The fraction of sp³-hybridized carbons (Fsp3) is 0.571. The van der Waals surface area contributed by atoms with Gasteiger partial charge in [0.25, 0.3) is 0 Å². The van der Waals surface area contributed by atoms with Gasteiger partial charge >= 0.3 is 0 Å². The highest BCUT2D eigenvalue weighted by atomic mass is 16.3. The summed E-state index contributed by atoms with van der Waals surface area (Å²) in [5, 5.41) is 10.3. The minimum atomic E-state index is -0.277. The largest absolute Gasteiger partial charge is 0.388 e. The second-order valence-corrected chi connectivity index (χ2v) is 5.60. The van der Waals surface area contributed by atoms with Crippen LogP contribution in [-0.2, 0) is 0 Å². The van der Waals surface area contributed by atoms with Crippen LogP contribution in [0.25, 0.3) is 0 Å². The van der Waals surface area contributed by atoms with E-state index < -0.39 is 0 Å². The van der Waals surface area contributed by atoms with Crippen LogP contribution < -0.4 is 0 Å². The number of hydrogen-bond donors (Lipinski definition) is 1. The summed E-state index contributed by atoms with van der Waals surface area (Å²) in [6.45, 7) is 8.62. The summed E-state index contributed by atoms with van der Waals surface area (Å²) in [7, 11) is 0. The van der Waals surface area contributed by atoms with E-state index in [-0.39, 0.29) is 6.10 Å². The van der Waals surface area contributed by atoms with Crippen LogP contribution in [0.3, 0.4) is 0 Å². The van der Waals surface area contributed by atoms with Crippen molar-refractivity contribution in [1.29, 1.82) is 0 Å². The first kappa shape index (κ1) is 10.7. The SMILES string of the molecule is Cc1ccc(C(O)C2CC2(C)C)c(C)c1. The fourth-order valence-electron chi connectivity index (χ4n) is 2.42. The Morgan fingerprint density at radius 3 is 2.40 bits per heavy atom. The van der Waals surface area contributed by atoms with Gasteiger partial charge in [0.1, 0.15) is 0 Å². The van der Waals surface area contributed by atoms with Gasteiger partial charge in [0.05, 0.1) is 6.10 Å². The monoisotopic (exact) mass is 204 g/mol. The molecule has 0 heterocycles. The number of rotatable bonds is 2. The van der Waals surface area contributed by atoms with Gasteiger partial charge in [-0.2, -0.15) is 0 Å². The Hall–Kier alpha value is -0.820. The molecular weight excluding hydrogens is 184 g/mol. The molecule has 15 heavy (non-hydrogen) atoms. The minimum Gasteiger partial charge on any atom is -0.388 e. The average molecular weight is 204 g/mol. The van der Waals surface area contributed by atoms with E-state index in [2.05, 4.69) is 45.9 Å². The maximum atomic E-state index is 10.3. The van der Waals surface area contributed by atoms with Crippen LogP contribution in [0.1, 0.15) is 43.1 Å². The first-order chi connectivity index (χ1) is 6.92. The number of aliphatic hydroxyl groups excluding tert-OH is 1. The van der Waals surface area contributed by atoms with Crippen molar-refractivity contribution in [3.05, 3.63) is 34.9 Å². The zero-order valence-electron chi connectivity index (χ0n) is 10.0. The summed E-state index contributed by atoms with van der Waals surface area (Å²) in [6.07, 6.45) is 0.863. The quantitative estimate of drug-likeness (QED) is 0.783. The molecular formula is C14H20O. The molecule has 1 aliphatic rings. The van der Waals surface area contributed by atoms with Crippen LogP contribution >= 0.6 is 0 Å². The summed E-state index contributed by atoms with van der Waals surface area (Å²) < 4.78 is 0. The van der Waals surface area contributed by atoms with Gasteiger partial charge in [-0.25, -0.2) is 0 Å². The van der Waals surface area contributed by atoms with Gasteiger partial charge in [0.15, 0.2) is 0 Å². The van der Waals surface area contributed by atoms with Crippen LogP contribution in [0.2, 0.25) is 0 Å². The predicted molar refractivity (Wildman–Crippen MR) is 62.8 cm³/mol. The predicted octanol–water partition coefficient (Wildman–Crippen LogP) is 3.38. The number of benzene rings is 1. The Kier molecular flexibility index (Phi) is 2.38. The normalized spacial score (nSPS) is 25.0. The average Bonchev–Trinajstić information content (AvgIpc) is 2.74. The third-order valence-electron chi connectivity index (χ3n) is 3.71. The maximum Gasteiger partial charge on any atom is 0.0826 e. The molecule has 0 amide bonds. The standard InChI is InChI=1S/C14H20O/c1-9-5-6-11(10(2)7-9)13(15)12-8-14(12,3)4/h5-7,12-13,15H,8H2,1-4H3. The lowest BCUT2D eigenvalue weighted by molar-refractivity contribution is 0.138. The van der Waals surface area contributed by atoms with Gasteiger partial charge in [-0.1, -0.05) is 37.6 Å². The van der Waals surface area contributed by atoms with E-state index in [0.29, 0.717) is 11.3 Å². The Labute approximate surface area is 92.1 Å². The van der Waals surface area contributed by atoms with Crippen molar-refractivity contribution in [1.82, 2.24) is 0 Å². The highest BCUT2D eigenvalue weighted by molar-refractivity contribution is 5.33. The Bertz CT molecular complexity index is 379. The van der Waals surface area contributed by atoms with Crippen molar-refractivity contribution < 1.29 is 5.11 Å². The highest BCUT2D eigenvalue weighted by Crippen LogP contribution is 2.57. The molecule has 1 aromatic rings. The molecule has 0 aromatic heterocycles. The van der Waals surface area contributed by atoms with E-state index in [1.807, 2.05) is 0 Å². The molecule has 1 heteroatoms. The Balaban J connectivity index is 2.23. The lowest BCUT2D eigenvalue weighted by atomic mass is 9.95. The van der Waals surface area contributed by atoms with E-state index in [9.17, 15) is 5.11 Å². The maximum absolute atomic E-state index is 10.3. The van der Waals surface area contributed by atoms with Gasteiger partial charge in [0.2, 0.25) is 0 Å². The van der Waals surface area contributed by atoms with Crippen LogP contribution in [0.5, 0.6) is 0 Å². The zero-order valence-corrected chi connectivity index (χ0v) is 10.0. The molecule has 1 saturated carbocycles. The highest BCUT2D eigenvalue weighted by Gasteiger charge is 2.50. The zero-order chi connectivity index (χ0) is 11.2. The van der Waals surface area contributed by atoms with Crippen LogP contribution in [0.15, 0.2) is 18.2 Å². The molecule has 0 aliphatic heterocycles. The molecule has 82 valence electrons. The second kappa shape index (κ2) is 3.34. The molecule has 0 bridgehead atoms. The molecule has 2 atom stereocenters. The van der Waals surface area contributed by atoms with Gasteiger partial charge in [-0.3, -0.25) is 0 Å². The summed E-state index contributed by atoms with van der Waals surface area (Å²) in [6, 6.07) is 6.30. The number of hydrogen-bond acceptors (Lipinski definition) is 1. The third kappa shape index (κ3) is 1.93. The van der Waals surface area contributed by atoms with Crippen molar-refractivity contribution >= 4 is 0 Å². The molecule has 0 radical (unpaired) electrons. The molecule has 1 aromatic carbocycles. The molecule has 0 saturated heterocycles. The van der Waals surface area contributed by atoms with Crippen molar-refractivity contribution in [3.63, 3.8) is 0 Å². The molecule has 1 nitrogen and oxygen atoms in total. The molecule has 1 fully saturated rings. The fourth-order valence-corrected chi connectivity index (χ4v) is 2.42. The Morgan fingerprint density at radius 1 is 1.33 bits per heavy atom. The number of aliphatic hydroxyl groups is 1. The molecule has 2 rings (SSSR count). The summed E-state index contributed by atoms with van der Waals surface area (Å²) in [4.78, 5) is 0. The van der Waals surface area contributed by atoms with Crippen molar-refractivity contribution in [2.24, 2.45) is 11.3 Å². The molecule has 1 N–H and O–H groups in total. The lowest BCUT2D eigenvalue weighted by Crippen LogP contribution is -2.06. The summed E-state index contributed by atoms with van der Waals surface area (Å²) in [5.41, 5.74) is 3.91.